The molecular formula is C20H20N2S. The highest BCUT2D eigenvalue weighted by molar-refractivity contribution is 7.14. The van der Waals surface area contributed by atoms with E-state index in [1.54, 1.807) is 11.3 Å². The Morgan fingerprint density at radius 3 is 2.22 bits per heavy atom. The lowest BCUT2D eigenvalue weighted by Gasteiger charge is -2.12. The minimum absolute atomic E-state index is 0.568. The Kier molecular flexibility index (Phi) is 3.66. The van der Waals surface area contributed by atoms with Gasteiger partial charge in [-0.25, -0.2) is 4.98 Å². The van der Waals surface area contributed by atoms with Gasteiger partial charge in [0, 0.05) is 24.0 Å². The fourth-order valence-corrected chi connectivity index (χ4v) is 3.88. The fourth-order valence-electron chi connectivity index (χ4n) is 3.05. The Hall–Kier alpha value is -2.13. The summed E-state index contributed by atoms with van der Waals surface area (Å²) in [4.78, 5) is 7.23. The SMILES string of the molecule is CC(C)c1ccc(-c2csc(N3Cc4ccccc4C3)n2)cc1. The van der Waals surface area contributed by atoms with Crippen molar-refractivity contribution in [2.24, 2.45) is 0 Å². The predicted molar refractivity (Wildman–Crippen MR) is 98.0 cm³/mol. The van der Waals surface area contributed by atoms with Gasteiger partial charge < -0.3 is 4.90 Å². The Balaban J connectivity index is 1.56. The molecular weight excluding hydrogens is 300 g/mol. The maximum absolute atomic E-state index is 4.86. The van der Waals surface area contributed by atoms with Gasteiger partial charge in [-0.1, -0.05) is 62.4 Å². The summed E-state index contributed by atoms with van der Waals surface area (Å²) in [5.74, 6) is 0.568. The summed E-state index contributed by atoms with van der Waals surface area (Å²) >= 11 is 1.74. The van der Waals surface area contributed by atoms with E-state index in [0.717, 1.165) is 23.9 Å². The van der Waals surface area contributed by atoms with E-state index in [1.807, 2.05) is 0 Å². The van der Waals surface area contributed by atoms with Gasteiger partial charge in [0.2, 0.25) is 0 Å². The molecule has 0 N–H and O–H groups in total. The van der Waals surface area contributed by atoms with Gasteiger partial charge in [-0.15, -0.1) is 11.3 Å². The number of rotatable bonds is 3. The number of anilines is 1. The molecule has 1 aromatic heterocycles. The molecule has 1 aliphatic heterocycles. The molecule has 3 heteroatoms. The van der Waals surface area contributed by atoms with E-state index >= 15 is 0 Å². The topological polar surface area (TPSA) is 16.1 Å². The molecule has 2 aromatic carbocycles. The number of nitrogens with zero attached hydrogens (tertiary/aromatic N) is 2. The maximum Gasteiger partial charge on any atom is 0.186 e. The summed E-state index contributed by atoms with van der Waals surface area (Å²) in [7, 11) is 0. The Morgan fingerprint density at radius 1 is 0.957 bits per heavy atom. The van der Waals surface area contributed by atoms with Crippen molar-refractivity contribution in [3.8, 4) is 11.3 Å². The molecule has 0 aliphatic carbocycles. The van der Waals surface area contributed by atoms with Crippen molar-refractivity contribution in [2.75, 3.05) is 4.90 Å². The molecule has 0 fully saturated rings. The first kappa shape index (κ1) is 14.5. The monoisotopic (exact) mass is 320 g/mol. The first-order valence-corrected chi connectivity index (χ1v) is 8.96. The molecule has 23 heavy (non-hydrogen) atoms. The lowest BCUT2D eigenvalue weighted by atomic mass is 10.0. The lowest BCUT2D eigenvalue weighted by molar-refractivity contribution is 0.866. The predicted octanol–water partition coefficient (Wildman–Crippen LogP) is 5.45. The molecule has 4 rings (SSSR count). The van der Waals surface area contributed by atoms with Crippen molar-refractivity contribution in [2.45, 2.75) is 32.9 Å². The van der Waals surface area contributed by atoms with Gasteiger partial charge in [-0.3, -0.25) is 0 Å². The molecule has 116 valence electrons. The van der Waals surface area contributed by atoms with Crippen molar-refractivity contribution in [1.82, 2.24) is 4.98 Å². The third-order valence-electron chi connectivity index (χ3n) is 4.48. The number of benzene rings is 2. The number of aromatic nitrogens is 1. The Bertz CT molecular complexity index is 793. The van der Waals surface area contributed by atoms with Crippen LogP contribution in [0.1, 0.15) is 36.5 Å². The van der Waals surface area contributed by atoms with Crippen LogP contribution in [0.25, 0.3) is 11.3 Å². The summed E-state index contributed by atoms with van der Waals surface area (Å²) in [6, 6.07) is 17.5. The van der Waals surface area contributed by atoms with Gasteiger partial charge in [-0.2, -0.15) is 0 Å². The highest BCUT2D eigenvalue weighted by Gasteiger charge is 2.21. The van der Waals surface area contributed by atoms with Crippen LogP contribution in [-0.2, 0) is 13.1 Å². The highest BCUT2D eigenvalue weighted by Crippen LogP contribution is 2.33. The van der Waals surface area contributed by atoms with Gasteiger partial charge in [-0.05, 0) is 22.6 Å². The summed E-state index contributed by atoms with van der Waals surface area (Å²) in [5, 5.41) is 3.28. The van der Waals surface area contributed by atoms with Crippen LogP contribution in [0, 0.1) is 0 Å². The Labute approximate surface area is 141 Å². The van der Waals surface area contributed by atoms with Crippen LogP contribution >= 0.6 is 11.3 Å². The minimum atomic E-state index is 0.568. The van der Waals surface area contributed by atoms with Gasteiger partial charge in [0.15, 0.2) is 5.13 Å². The maximum atomic E-state index is 4.86. The molecule has 0 spiro atoms. The van der Waals surface area contributed by atoms with Crippen LogP contribution < -0.4 is 4.90 Å². The van der Waals surface area contributed by atoms with E-state index in [4.69, 9.17) is 4.98 Å². The van der Waals surface area contributed by atoms with Crippen molar-refractivity contribution in [3.63, 3.8) is 0 Å². The van der Waals surface area contributed by atoms with Crippen LogP contribution in [-0.4, -0.2) is 4.98 Å². The second-order valence-electron chi connectivity index (χ2n) is 6.42. The molecule has 0 atom stereocenters. The van der Waals surface area contributed by atoms with Gasteiger partial charge in [0.25, 0.3) is 0 Å². The second kappa shape index (κ2) is 5.82. The van der Waals surface area contributed by atoms with Crippen LogP contribution in [0.3, 0.4) is 0 Å². The summed E-state index contributed by atoms with van der Waals surface area (Å²) in [6.07, 6.45) is 0. The molecule has 1 aliphatic rings. The van der Waals surface area contributed by atoms with E-state index < -0.39 is 0 Å². The molecule has 0 unspecified atom stereocenters. The van der Waals surface area contributed by atoms with E-state index in [1.165, 1.54) is 22.3 Å². The van der Waals surface area contributed by atoms with Crippen molar-refractivity contribution in [1.29, 1.82) is 0 Å². The van der Waals surface area contributed by atoms with Crippen molar-refractivity contribution >= 4 is 16.5 Å². The van der Waals surface area contributed by atoms with Crippen LogP contribution in [0.2, 0.25) is 0 Å². The number of fused-ring (bicyclic) bond motifs is 1. The third-order valence-corrected chi connectivity index (χ3v) is 5.38. The first-order valence-electron chi connectivity index (χ1n) is 8.08. The second-order valence-corrected chi connectivity index (χ2v) is 7.25. The number of hydrogen-bond acceptors (Lipinski definition) is 3. The first-order chi connectivity index (χ1) is 11.2. The molecule has 0 amide bonds. The molecule has 0 saturated heterocycles. The molecule has 2 heterocycles. The fraction of sp³-hybridized carbons (Fsp3) is 0.250. The number of thiazole rings is 1. The molecule has 3 aromatic rings. The average Bonchev–Trinajstić information content (AvgIpc) is 3.21. The zero-order chi connectivity index (χ0) is 15.8. The van der Waals surface area contributed by atoms with Crippen molar-refractivity contribution < 1.29 is 0 Å². The van der Waals surface area contributed by atoms with Crippen LogP contribution in [0.5, 0.6) is 0 Å². The zero-order valence-electron chi connectivity index (χ0n) is 13.5. The largest absolute Gasteiger partial charge is 0.339 e. The summed E-state index contributed by atoms with van der Waals surface area (Å²) in [6.45, 7) is 6.38. The van der Waals surface area contributed by atoms with E-state index in [2.05, 4.69) is 72.7 Å². The van der Waals surface area contributed by atoms with Crippen LogP contribution in [0.4, 0.5) is 5.13 Å². The lowest BCUT2D eigenvalue weighted by Crippen LogP contribution is -2.13. The highest BCUT2D eigenvalue weighted by atomic mass is 32.1. The quantitative estimate of drug-likeness (QED) is 0.637. The van der Waals surface area contributed by atoms with Crippen LogP contribution in [0.15, 0.2) is 53.9 Å². The van der Waals surface area contributed by atoms with E-state index in [9.17, 15) is 0 Å². The normalized spacial score (nSPS) is 13.6. The van der Waals surface area contributed by atoms with E-state index in [0.29, 0.717) is 5.92 Å². The third kappa shape index (κ3) is 2.77. The molecule has 0 radical (unpaired) electrons. The van der Waals surface area contributed by atoms with Gasteiger partial charge in [0.05, 0.1) is 5.69 Å². The summed E-state index contributed by atoms with van der Waals surface area (Å²) in [5.41, 5.74) is 6.50. The van der Waals surface area contributed by atoms with E-state index in [-0.39, 0.29) is 0 Å². The molecule has 0 saturated carbocycles. The Morgan fingerprint density at radius 2 is 1.61 bits per heavy atom. The van der Waals surface area contributed by atoms with Gasteiger partial charge in [0.1, 0.15) is 0 Å². The van der Waals surface area contributed by atoms with Crippen molar-refractivity contribution in [3.05, 3.63) is 70.6 Å². The van der Waals surface area contributed by atoms with Gasteiger partial charge >= 0.3 is 0 Å². The molecule has 0 bridgehead atoms. The average molecular weight is 320 g/mol. The minimum Gasteiger partial charge on any atom is -0.339 e. The smallest absolute Gasteiger partial charge is 0.186 e. The number of hydrogen-bond donors (Lipinski definition) is 0. The molecule has 2 nitrogen and oxygen atoms in total. The summed E-state index contributed by atoms with van der Waals surface area (Å²) < 4.78 is 0. The standard InChI is InChI=1S/C20H20N2S/c1-14(2)15-7-9-16(10-8-15)19-13-23-20(21-19)22-11-17-5-3-4-6-18(17)12-22/h3-10,13-14H,11-12H2,1-2H3. The zero-order valence-corrected chi connectivity index (χ0v) is 14.3.